The maximum atomic E-state index is 12.7. The van der Waals surface area contributed by atoms with Gasteiger partial charge in [0.2, 0.25) is 0 Å². The monoisotopic (exact) mass is 388 g/mol. The van der Waals surface area contributed by atoms with Crippen molar-refractivity contribution in [2.45, 2.75) is 59.6 Å². The van der Waals surface area contributed by atoms with Gasteiger partial charge < -0.3 is 15.2 Å². The molecule has 152 valence electrons. The van der Waals surface area contributed by atoms with Crippen LogP contribution < -0.4 is 10.1 Å². The van der Waals surface area contributed by atoms with Crippen LogP contribution in [0.15, 0.2) is 24.3 Å². The molecule has 1 aromatic carbocycles. The summed E-state index contributed by atoms with van der Waals surface area (Å²) in [5, 5.41) is 20.1. The number of carbonyl (C=O) groups excluding carboxylic acids is 1. The largest absolute Gasteiger partial charge is 0.491 e. The number of aliphatic carboxylic acids is 1. The Morgan fingerprint density at radius 2 is 1.82 bits per heavy atom. The Balaban J connectivity index is 2.24. The topological polar surface area (TPSA) is 106 Å². The molecule has 1 amide bonds. The van der Waals surface area contributed by atoms with Crippen molar-refractivity contribution in [3.63, 3.8) is 0 Å². The molecule has 28 heavy (non-hydrogen) atoms. The summed E-state index contributed by atoms with van der Waals surface area (Å²) in [6.45, 7) is 11.1. The lowest BCUT2D eigenvalue weighted by Crippen LogP contribution is -2.51. The molecule has 0 aliphatic carbocycles. The van der Waals surface area contributed by atoms with Crippen molar-refractivity contribution in [3.8, 4) is 11.4 Å². The Morgan fingerprint density at radius 3 is 2.32 bits per heavy atom. The summed E-state index contributed by atoms with van der Waals surface area (Å²) in [4.78, 5) is 23.9. The highest BCUT2D eigenvalue weighted by atomic mass is 16.5. The predicted molar refractivity (Wildman–Crippen MR) is 105 cm³/mol. The van der Waals surface area contributed by atoms with Gasteiger partial charge in [-0.05, 0) is 57.9 Å². The molecule has 0 spiro atoms. The average Bonchev–Trinajstić information content (AvgIpc) is 2.95. The first-order chi connectivity index (χ1) is 13.0. The minimum atomic E-state index is -0.972. The summed E-state index contributed by atoms with van der Waals surface area (Å²) in [6.07, 6.45) is -0.101. The summed E-state index contributed by atoms with van der Waals surface area (Å²) in [5.41, 5.74) is 0.586. The number of rotatable bonds is 8. The van der Waals surface area contributed by atoms with Gasteiger partial charge in [0, 0.05) is 0 Å². The van der Waals surface area contributed by atoms with Crippen LogP contribution in [0, 0.1) is 12.8 Å². The van der Waals surface area contributed by atoms with Crippen LogP contribution >= 0.6 is 0 Å². The average molecular weight is 388 g/mol. The summed E-state index contributed by atoms with van der Waals surface area (Å²) in [6, 6.07) is 7.34. The maximum Gasteiger partial charge on any atom is 0.305 e. The van der Waals surface area contributed by atoms with E-state index in [0.717, 1.165) is 11.4 Å². The van der Waals surface area contributed by atoms with Gasteiger partial charge >= 0.3 is 5.97 Å². The van der Waals surface area contributed by atoms with E-state index in [1.807, 2.05) is 52.0 Å². The molecule has 2 aromatic rings. The number of carboxylic acid groups (broad SMARTS) is 1. The zero-order valence-corrected chi connectivity index (χ0v) is 17.2. The van der Waals surface area contributed by atoms with Gasteiger partial charge in [-0.15, -0.1) is 5.10 Å². The Labute approximate surface area is 164 Å². The second-order valence-corrected chi connectivity index (χ2v) is 7.69. The van der Waals surface area contributed by atoms with Crippen LogP contribution in [0.2, 0.25) is 0 Å². The second-order valence-electron chi connectivity index (χ2n) is 7.69. The van der Waals surface area contributed by atoms with Crippen LogP contribution in [0.5, 0.6) is 5.75 Å². The molecule has 1 atom stereocenters. The minimum absolute atomic E-state index is 0.0728. The summed E-state index contributed by atoms with van der Waals surface area (Å²) < 4.78 is 7.20. The van der Waals surface area contributed by atoms with Gasteiger partial charge in [0.15, 0.2) is 5.69 Å². The lowest BCUT2D eigenvalue weighted by Gasteiger charge is -2.33. The Kier molecular flexibility index (Phi) is 6.43. The number of benzene rings is 1. The molecular formula is C20H28N4O4. The van der Waals surface area contributed by atoms with Crippen molar-refractivity contribution in [3.05, 3.63) is 35.7 Å². The summed E-state index contributed by atoms with van der Waals surface area (Å²) in [7, 11) is 0. The highest BCUT2D eigenvalue weighted by Gasteiger charge is 2.34. The van der Waals surface area contributed by atoms with Crippen molar-refractivity contribution in [2.75, 3.05) is 0 Å². The standard InChI is InChI=1S/C20H28N4O4/c1-12(2)20(6,11-17(25)26)21-19(27)18-14(5)24(23-22-18)15-7-9-16(10-8-15)28-13(3)4/h7-10,12-13H,11H2,1-6H3,(H,21,27)(H,25,26). The molecule has 0 saturated carbocycles. The number of aromatic nitrogens is 3. The van der Waals surface area contributed by atoms with E-state index < -0.39 is 17.4 Å². The van der Waals surface area contributed by atoms with Crippen molar-refractivity contribution >= 4 is 11.9 Å². The summed E-state index contributed by atoms with van der Waals surface area (Å²) in [5.74, 6) is -0.742. The van der Waals surface area contributed by atoms with Gasteiger partial charge in [-0.25, -0.2) is 4.68 Å². The fraction of sp³-hybridized carbons (Fsp3) is 0.500. The van der Waals surface area contributed by atoms with E-state index >= 15 is 0 Å². The van der Waals surface area contributed by atoms with E-state index in [1.165, 1.54) is 0 Å². The van der Waals surface area contributed by atoms with Gasteiger partial charge in [-0.1, -0.05) is 19.1 Å². The minimum Gasteiger partial charge on any atom is -0.491 e. The Morgan fingerprint density at radius 1 is 1.21 bits per heavy atom. The lowest BCUT2D eigenvalue weighted by molar-refractivity contribution is -0.138. The van der Waals surface area contributed by atoms with Crippen molar-refractivity contribution in [1.29, 1.82) is 0 Å². The molecule has 8 heteroatoms. The van der Waals surface area contributed by atoms with Crippen LogP contribution in [0.4, 0.5) is 0 Å². The van der Waals surface area contributed by atoms with Crippen molar-refractivity contribution in [1.82, 2.24) is 20.3 Å². The third-order valence-electron chi connectivity index (χ3n) is 4.75. The molecule has 0 fully saturated rings. The highest BCUT2D eigenvalue weighted by Crippen LogP contribution is 2.22. The fourth-order valence-corrected chi connectivity index (χ4v) is 2.75. The van der Waals surface area contributed by atoms with E-state index in [-0.39, 0.29) is 24.1 Å². The van der Waals surface area contributed by atoms with E-state index in [2.05, 4.69) is 15.6 Å². The van der Waals surface area contributed by atoms with Crippen LogP contribution in [0.25, 0.3) is 5.69 Å². The number of hydrogen-bond donors (Lipinski definition) is 2. The van der Waals surface area contributed by atoms with Gasteiger partial charge in [0.05, 0.1) is 29.4 Å². The number of nitrogens with one attached hydrogen (secondary N) is 1. The molecule has 0 radical (unpaired) electrons. The zero-order valence-electron chi connectivity index (χ0n) is 17.2. The highest BCUT2D eigenvalue weighted by molar-refractivity contribution is 5.94. The molecule has 2 rings (SSSR count). The van der Waals surface area contributed by atoms with Crippen LogP contribution in [-0.4, -0.2) is 43.6 Å². The SMILES string of the molecule is Cc1c(C(=O)NC(C)(CC(=O)O)C(C)C)nnn1-c1ccc(OC(C)C)cc1. The first kappa shape index (κ1) is 21.4. The van der Waals surface area contributed by atoms with E-state index in [1.54, 1.807) is 18.5 Å². The van der Waals surface area contributed by atoms with Crippen LogP contribution in [-0.2, 0) is 4.79 Å². The smallest absolute Gasteiger partial charge is 0.305 e. The fourth-order valence-electron chi connectivity index (χ4n) is 2.75. The van der Waals surface area contributed by atoms with Crippen LogP contribution in [0.1, 0.15) is 57.2 Å². The molecule has 0 aliphatic rings. The quantitative estimate of drug-likeness (QED) is 0.720. The van der Waals surface area contributed by atoms with Crippen molar-refractivity contribution < 1.29 is 19.4 Å². The Bertz CT molecular complexity index is 842. The van der Waals surface area contributed by atoms with Gasteiger partial charge in [-0.3, -0.25) is 9.59 Å². The number of carbonyl (C=O) groups is 2. The van der Waals surface area contributed by atoms with Gasteiger partial charge in [0.25, 0.3) is 5.91 Å². The predicted octanol–water partition coefficient (Wildman–Crippen LogP) is 2.98. The summed E-state index contributed by atoms with van der Waals surface area (Å²) >= 11 is 0. The molecule has 0 saturated heterocycles. The number of amides is 1. The third kappa shape index (κ3) is 4.88. The molecule has 1 unspecified atom stereocenters. The molecule has 2 N–H and O–H groups in total. The number of nitrogens with zero attached hydrogens (tertiary/aromatic N) is 3. The number of ether oxygens (including phenoxy) is 1. The zero-order chi connectivity index (χ0) is 21.1. The number of carboxylic acids is 1. The Hall–Kier alpha value is -2.90. The molecular weight excluding hydrogens is 360 g/mol. The maximum absolute atomic E-state index is 12.7. The van der Waals surface area contributed by atoms with E-state index in [4.69, 9.17) is 4.74 Å². The molecule has 1 aromatic heterocycles. The molecule has 8 nitrogen and oxygen atoms in total. The second kappa shape index (κ2) is 8.41. The lowest BCUT2D eigenvalue weighted by atomic mass is 9.85. The van der Waals surface area contributed by atoms with Gasteiger partial charge in [0.1, 0.15) is 5.75 Å². The first-order valence-corrected chi connectivity index (χ1v) is 9.27. The van der Waals surface area contributed by atoms with Crippen LogP contribution in [0.3, 0.4) is 0 Å². The molecule has 0 aliphatic heterocycles. The van der Waals surface area contributed by atoms with E-state index in [9.17, 15) is 14.7 Å². The molecule has 0 bridgehead atoms. The molecule has 1 heterocycles. The van der Waals surface area contributed by atoms with Gasteiger partial charge in [-0.2, -0.15) is 0 Å². The number of hydrogen-bond acceptors (Lipinski definition) is 5. The van der Waals surface area contributed by atoms with E-state index in [0.29, 0.717) is 5.69 Å². The normalized spacial score (nSPS) is 13.4. The first-order valence-electron chi connectivity index (χ1n) is 9.27. The third-order valence-corrected chi connectivity index (χ3v) is 4.75. The van der Waals surface area contributed by atoms with Crippen molar-refractivity contribution in [2.24, 2.45) is 5.92 Å².